The molecule has 2 N–H and O–H groups in total. The Balaban J connectivity index is 2.02. The minimum Gasteiger partial charge on any atom is -0.486 e. The molecule has 15 heavy (non-hydrogen) atoms. The van der Waals surface area contributed by atoms with E-state index in [9.17, 15) is 0 Å². The second kappa shape index (κ2) is 3.22. The number of nitrogens with one attached hydrogen (secondary N) is 2. The van der Waals surface area contributed by atoms with Crippen LogP contribution in [-0.2, 0) is 0 Å². The molecule has 2 heterocycles. The van der Waals surface area contributed by atoms with E-state index in [-0.39, 0.29) is 0 Å². The first-order valence-corrected chi connectivity index (χ1v) is 5.27. The molecule has 0 aliphatic carbocycles. The number of fused-ring (bicyclic) bond motifs is 2. The quantitative estimate of drug-likeness (QED) is 0.677. The van der Waals surface area contributed by atoms with Crippen LogP contribution in [0.1, 0.15) is 6.92 Å². The molecule has 2 aliphatic heterocycles. The molecule has 0 amide bonds. The maximum atomic E-state index is 5.53. The van der Waals surface area contributed by atoms with Crippen LogP contribution in [-0.4, -0.2) is 25.8 Å². The predicted molar refractivity (Wildman–Crippen MR) is 59.0 cm³/mol. The first-order valence-electron chi connectivity index (χ1n) is 5.27. The van der Waals surface area contributed by atoms with E-state index in [4.69, 9.17) is 9.47 Å². The molecule has 0 saturated carbocycles. The van der Waals surface area contributed by atoms with Crippen LogP contribution in [0.2, 0.25) is 0 Å². The SMILES string of the molecule is CC1CNc2cc3c(cc2N1)OCCO3. The Morgan fingerprint density at radius 1 is 1.13 bits per heavy atom. The van der Waals surface area contributed by atoms with Crippen molar-refractivity contribution in [2.24, 2.45) is 0 Å². The minimum atomic E-state index is 0.444. The lowest BCUT2D eigenvalue weighted by atomic mass is 10.1. The van der Waals surface area contributed by atoms with Crippen LogP contribution in [0, 0.1) is 0 Å². The number of hydrogen-bond donors (Lipinski definition) is 2. The molecule has 1 aromatic carbocycles. The summed E-state index contributed by atoms with van der Waals surface area (Å²) < 4.78 is 11.1. The molecule has 1 atom stereocenters. The third kappa shape index (κ3) is 1.46. The lowest BCUT2D eigenvalue weighted by molar-refractivity contribution is 0.172. The van der Waals surface area contributed by atoms with Gasteiger partial charge in [0.05, 0.1) is 11.4 Å². The summed E-state index contributed by atoms with van der Waals surface area (Å²) in [4.78, 5) is 0. The molecule has 4 heteroatoms. The van der Waals surface area contributed by atoms with Crippen LogP contribution >= 0.6 is 0 Å². The normalized spacial score (nSPS) is 22.3. The van der Waals surface area contributed by atoms with E-state index in [1.54, 1.807) is 0 Å². The highest BCUT2D eigenvalue weighted by Crippen LogP contribution is 2.39. The molecule has 1 aromatic rings. The van der Waals surface area contributed by atoms with Crippen molar-refractivity contribution >= 4 is 11.4 Å². The van der Waals surface area contributed by atoms with Gasteiger partial charge in [0.25, 0.3) is 0 Å². The average molecular weight is 206 g/mol. The van der Waals surface area contributed by atoms with Crippen molar-refractivity contribution in [3.8, 4) is 11.5 Å². The Hall–Kier alpha value is -1.58. The lowest BCUT2D eigenvalue weighted by Crippen LogP contribution is -2.30. The van der Waals surface area contributed by atoms with Gasteiger partial charge in [0, 0.05) is 24.7 Å². The monoisotopic (exact) mass is 206 g/mol. The Morgan fingerprint density at radius 3 is 2.53 bits per heavy atom. The Morgan fingerprint density at radius 2 is 1.80 bits per heavy atom. The molecular weight excluding hydrogens is 192 g/mol. The zero-order valence-corrected chi connectivity index (χ0v) is 8.67. The molecule has 0 aromatic heterocycles. The summed E-state index contributed by atoms with van der Waals surface area (Å²) >= 11 is 0. The summed E-state index contributed by atoms with van der Waals surface area (Å²) in [6.07, 6.45) is 0. The van der Waals surface area contributed by atoms with Crippen molar-refractivity contribution in [3.05, 3.63) is 12.1 Å². The molecule has 0 bridgehead atoms. The van der Waals surface area contributed by atoms with Gasteiger partial charge in [0.15, 0.2) is 11.5 Å². The van der Waals surface area contributed by atoms with Crippen LogP contribution < -0.4 is 20.1 Å². The number of hydrogen-bond acceptors (Lipinski definition) is 4. The number of rotatable bonds is 0. The van der Waals surface area contributed by atoms with E-state index in [1.807, 2.05) is 12.1 Å². The molecule has 3 rings (SSSR count). The van der Waals surface area contributed by atoms with E-state index in [0.717, 1.165) is 29.4 Å². The van der Waals surface area contributed by atoms with Gasteiger partial charge in [-0.2, -0.15) is 0 Å². The summed E-state index contributed by atoms with van der Waals surface area (Å²) in [5.41, 5.74) is 2.19. The van der Waals surface area contributed by atoms with E-state index in [0.29, 0.717) is 19.3 Å². The van der Waals surface area contributed by atoms with Gasteiger partial charge in [-0.1, -0.05) is 0 Å². The molecule has 80 valence electrons. The molecule has 0 radical (unpaired) electrons. The fourth-order valence-electron chi connectivity index (χ4n) is 1.93. The van der Waals surface area contributed by atoms with Gasteiger partial charge in [-0.3, -0.25) is 0 Å². The van der Waals surface area contributed by atoms with Crippen molar-refractivity contribution in [2.45, 2.75) is 13.0 Å². The van der Waals surface area contributed by atoms with Crippen LogP contribution in [0.15, 0.2) is 12.1 Å². The molecule has 2 aliphatic rings. The standard InChI is InChI=1S/C11H14N2O2/c1-7-6-12-8-4-10-11(5-9(8)13-7)15-3-2-14-10/h4-5,7,12-13H,2-3,6H2,1H3. The zero-order chi connectivity index (χ0) is 10.3. The molecular formula is C11H14N2O2. The van der Waals surface area contributed by atoms with Crippen LogP contribution in [0.25, 0.3) is 0 Å². The Kier molecular flexibility index (Phi) is 1.87. The zero-order valence-electron chi connectivity index (χ0n) is 8.67. The summed E-state index contributed by atoms with van der Waals surface area (Å²) in [5, 5.41) is 6.78. The van der Waals surface area contributed by atoms with E-state index >= 15 is 0 Å². The van der Waals surface area contributed by atoms with Gasteiger partial charge in [-0.25, -0.2) is 0 Å². The molecule has 0 fully saturated rings. The summed E-state index contributed by atoms with van der Waals surface area (Å²) in [6.45, 7) is 4.35. The minimum absolute atomic E-state index is 0.444. The van der Waals surface area contributed by atoms with Crippen LogP contribution in [0.3, 0.4) is 0 Å². The van der Waals surface area contributed by atoms with Gasteiger partial charge in [-0.05, 0) is 6.92 Å². The first kappa shape index (κ1) is 8.71. The maximum Gasteiger partial charge on any atom is 0.163 e. The van der Waals surface area contributed by atoms with Gasteiger partial charge in [0.1, 0.15) is 13.2 Å². The highest BCUT2D eigenvalue weighted by Gasteiger charge is 2.19. The number of benzene rings is 1. The summed E-state index contributed by atoms with van der Waals surface area (Å²) in [7, 11) is 0. The summed E-state index contributed by atoms with van der Waals surface area (Å²) in [6, 6.07) is 4.45. The number of ether oxygens (including phenoxy) is 2. The third-order valence-corrected chi connectivity index (χ3v) is 2.68. The highest BCUT2D eigenvalue weighted by atomic mass is 16.6. The van der Waals surface area contributed by atoms with Gasteiger partial charge < -0.3 is 20.1 Å². The Bertz CT molecular complexity index is 392. The largest absolute Gasteiger partial charge is 0.486 e. The van der Waals surface area contributed by atoms with E-state index in [1.165, 1.54) is 0 Å². The van der Waals surface area contributed by atoms with E-state index < -0.39 is 0 Å². The topological polar surface area (TPSA) is 42.5 Å². The lowest BCUT2D eigenvalue weighted by Gasteiger charge is -2.28. The van der Waals surface area contributed by atoms with Crippen LogP contribution in [0.4, 0.5) is 11.4 Å². The van der Waals surface area contributed by atoms with Gasteiger partial charge >= 0.3 is 0 Å². The maximum absolute atomic E-state index is 5.53. The van der Waals surface area contributed by atoms with Crippen molar-refractivity contribution in [2.75, 3.05) is 30.4 Å². The molecule has 4 nitrogen and oxygen atoms in total. The van der Waals surface area contributed by atoms with Crippen molar-refractivity contribution in [1.82, 2.24) is 0 Å². The molecule has 1 unspecified atom stereocenters. The van der Waals surface area contributed by atoms with Gasteiger partial charge in [-0.15, -0.1) is 0 Å². The second-order valence-electron chi connectivity index (χ2n) is 3.97. The number of anilines is 2. The molecule has 0 saturated heterocycles. The predicted octanol–water partition coefficient (Wildman–Crippen LogP) is 1.68. The van der Waals surface area contributed by atoms with Gasteiger partial charge in [0.2, 0.25) is 0 Å². The van der Waals surface area contributed by atoms with E-state index in [2.05, 4.69) is 17.6 Å². The molecule has 0 spiro atoms. The smallest absolute Gasteiger partial charge is 0.163 e. The van der Waals surface area contributed by atoms with Crippen LogP contribution in [0.5, 0.6) is 11.5 Å². The van der Waals surface area contributed by atoms with Crippen molar-refractivity contribution in [1.29, 1.82) is 0 Å². The fraction of sp³-hybridized carbons (Fsp3) is 0.455. The van der Waals surface area contributed by atoms with Crippen molar-refractivity contribution < 1.29 is 9.47 Å². The Labute approximate surface area is 88.6 Å². The summed E-state index contributed by atoms with van der Waals surface area (Å²) in [5.74, 6) is 1.67. The first-order chi connectivity index (χ1) is 7.33. The third-order valence-electron chi connectivity index (χ3n) is 2.68. The highest BCUT2D eigenvalue weighted by molar-refractivity contribution is 5.76. The van der Waals surface area contributed by atoms with Crippen molar-refractivity contribution in [3.63, 3.8) is 0 Å². The fourth-order valence-corrected chi connectivity index (χ4v) is 1.93. The second-order valence-corrected chi connectivity index (χ2v) is 3.97. The average Bonchev–Trinajstić information content (AvgIpc) is 2.26.